The maximum Gasteiger partial charge on any atom is 0.394 e. The number of carboxylic acid groups (broad SMARTS) is 1. The summed E-state index contributed by atoms with van der Waals surface area (Å²) < 4.78 is 39.6. The molecule has 7 heteroatoms. The molecular formula is C18H20F3NO3. The van der Waals surface area contributed by atoms with Crippen LogP contribution in [0.15, 0.2) is 24.3 Å². The minimum Gasteiger partial charge on any atom is -0.481 e. The SMILES string of the molecule is Cc1ccccc1C1(C(=O)N2C[C@@H](C(F)(F)F)[C@H](C(=O)O)C2)CCC1. The van der Waals surface area contributed by atoms with E-state index in [0.29, 0.717) is 12.8 Å². The monoisotopic (exact) mass is 355 g/mol. The molecule has 0 bridgehead atoms. The predicted molar refractivity (Wildman–Crippen MR) is 84.0 cm³/mol. The van der Waals surface area contributed by atoms with Gasteiger partial charge in [0, 0.05) is 13.1 Å². The van der Waals surface area contributed by atoms with Gasteiger partial charge in [0.05, 0.1) is 17.3 Å². The highest BCUT2D eigenvalue weighted by atomic mass is 19.4. The number of amides is 1. The van der Waals surface area contributed by atoms with Crippen LogP contribution in [-0.2, 0) is 15.0 Å². The molecule has 25 heavy (non-hydrogen) atoms. The van der Waals surface area contributed by atoms with Gasteiger partial charge in [-0.25, -0.2) is 0 Å². The van der Waals surface area contributed by atoms with Crippen LogP contribution in [0.2, 0.25) is 0 Å². The summed E-state index contributed by atoms with van der Waals surface area (Å²) in [7, 11) is 0. The molecule has 1 aliphatic carbocycles. The molecule has 1 aromatic rings. The normalized spacial score (nSPS) is 25.5. The van der Waals surface area contributed by atoms with E-state index < -0.39 is 35.9 Å². The number of hydrogen-bond acceptors (Lipinski definition) is 2. The number of alkyl halides is 3. The first-order valence-electron chi connectivity index (χ1n) is 8.32. The van der Waals surface area contributed by atoms with Crippen molar-refractivity contribution in [3.8, 4) is 0 Å². The van der Waals surface area contributed by atoms with Crippen molar-refractivity contribution in [2.24, 2.45) is 11.8 Å². The number of aryl methyl sites for hydroxylation is 1. The van der Waals surface area contributed by atoms with Crippen LogP contribution in [-0.4, -0.2) is 41.1 Å². The van der Waals surface area contributed by atoms with Crippen LogP contribution in [0.5, 0.6) is 0 Å². The summed E-state index contributed by atoms with van der Waals surface area (Å²) >= 11 is 0. The van der Waals surface area contributed by atoms with Gasteiger partial charge in [-0.05, 0) is 30.9 Å². The summed E-state index contributed by atoms with van der Waals surface area (Å²) in [6.07, 6.45) is -2.63. The lowest BCUT2D eigenvalue weighted by molar-refractivity contribution is -0.188. The van der Waals surface area contributed by atoms with Gasteiger partial charge in [0.15, 0.2) is 0 Å². The van der Waals surface area contributed by atoms with E-state index in [1.165, 1.54) is 0 Å². The molecule has 2 fully saturated rings. The second-order valence-corrected chi connectivity index (χ2v) is 7.05. The maximum atomic E-state index is 13.2. The zero-order valence-corrected chi connectivity index (χ0v) is 13.8. The average molecular weight is 355 g/mol. The van der Waals surface area contributed by atoms with Gasteiger partial charge in [-0.3, -0.25) is 9.59 Å². The van der Waals surface area contributed by atoms with Crippen molar-refractivity contribution in [1.82, 2.24) is 4.90 Å². The molecule has 4 nitrogen and oxygen atoms in total. The maximum absolute atomic E-state index is 13.2. The molecule has 2 atom stereocenters. The topological polar surface area (TPSA) is 57.6 Å². The fourth-order valence-corrected chi connectivity index (χ4v) is 4.09. The molecular weight excluding hydrogens is 335 g/mol. The van der Waals surface area contributed by atoms with E-state index in [9.17, 15) is 22.8 Å². The van der Waals surface area contributed by atoms with Gasteiger partial charge in [-0.15, -0.1) is 0 Å². The summed E-state index contributed by atoms with van der Waals surface area (Å²) in [4.78, 5) is 25.5. The van der Waals surface area contributed by atoms with Gasteiger partial charge in [-0.1, -0.05) is 30.7 Å². The van der Waals surface area contributed by atoms with Crippen LogP contribution in [0.3, 0.4) is 0 Å². The second-order valence-electron chi connectivity index (χ2n) is 7.05. The predicted octanol–water partition coefficient (Wildman–Crippen LogP) is 3.14. The minimum absolute atomic E-state index is 0.369. The number of carbonyl (C=O) groups excluding carboxylic acids is 1. The van der Waals surface area contributed by atoms with Gasteiger partial charge >= 0.3 is 12.1 Å². The minimum atomic E-state index is -4.63. The third kappa shape index (κ3) is 2.89. The zero-order chi connectivity index (χ0) is 18.4. The van der Waals surface area contributed by atoms with Gasteiger partial charge in [0.25, 0.3) is 0 Å². The lowest BCUT2D eigenvalue weighted by Crippen LogP contribution is -2.51. The van der Waals surface area contributed by atoms with E-state index in [1.807, 2.05) is 31.2 Å². The molecule has 0 unspecified atom stereocenters. The molecule has 1 aliphatic heterocycles. The standard InChI is InChI=1S/C18H20F3NO3/c1-11-5-2-3-6-13(11)17(7-4-8-17)16(25)22-9-12(15(23)24)14(10-22)18(19,20)21/h2-3,5-6,12,14H,4,7-10H2,1H3,(H,23,24)/t12-,14-/m1/s1. The molecule has 1 saturated carbocycles. The van der Waals surface area contributed by atoms with Gasteiger partial charge in [-0.2, -0.15) is 13.2 Å². The highest BCUT2D eigenvalue weighted by molar-refractivity contribution is 5.90. The Balaban J connectivity index is 1.90. The van der Waals surface area contributed by atoms with Gasteiger partial charge in [0.2, 0.25) is 5.91 Å². The molecule has 1 aromatic carbocycles. The van der Waals surface area contributed by atoms with E-state index >= 15 is 0 Å². The van der Waals surface area contributed by atoms with Crippen molar-refractivity contribution in [3.05, 3.63) is 35.4 Å². The van der Waals surface area contributed by atoms with Crippen LogP contribution in [0.1, 0.15) is 30.4 Å². The van der Waals surface area contributed by atoms with E-state index in [4.69, 9.17) is 5.11 Å². The van der Waals surface area contributed by atoms with Gasteiger partial charge < -0.3 is 10.0 Å². The first kappa shape index (κ1) is 17.8. The summed E-state index contributed by atoms with van der Waals surface area (Å²) in [5.41, 5.74) is 0.958. The average Bonchev–Trinajstić information content (AvgIpc) is 2.93. The van der Waals surface area contributed by atoms with E-state index in [1.54, 1.807) is 0 Å². The lowest BCUT2D eigenvalue weighted by Gasteiger charge is -2.44. The number of halogens is 3. The van der Waals surface area contributed by atoms with Crippen LogP contribution >= 0.6 is 0 Å². The molecule has 1 heterocycles. The number of aliphatic carboxylic acids is 1. The number of carboxylic acids is 1. The van der Waals surface area contributed by atoms with Crippen LogP contribution in [0.4, 0.5) is 13.2 Å². The molecule has 136 valence electrons. The molecule has 0 spiro atoms. The molecule has 0 aromatic heterocycles. The van der Waals surface area contributed by atoms with Crippen molar-refractivity contribution < 1.29 is 27.9 Å². The Bertz CT molecular complexity index is 697. The Morgan fingerprint density at radius 1 is 1.20 bits per heavy atom. The van der Waals surface area contributed by atoms with E-state index in [2.05, 4.69) is 0 Å². The van der Waals surface area contributed by atoms with Crippen molar-refractivity contribution >= 4 is 11.9 Å². The second kappa shape index (κ2) is 6.04. The van der Waals surface area contributed by atoms with Crippen LogP contribution < -0.4 is 0 Å². The fraction of sp³-hybridized carbons (Fsp3) is 0.556. The number of likely N-dealkylation sites (tertiary alicyclic amines) is 1. The summed E-state index contributed by atoms with van der Waals surface area (Å²) in [5.74, 6) is -5.48. The zero-order valence-electron chi connectivity index (χ0n) is 13.8. The lowest BCUT2D eigenvalue weighted by atomic mass is 9.62. The number of hydrogen-bond donors (Lipinski definition) is 1. The van der Waals surface area contributed by atoms with Crippen LogP contribution in [0.25, 0.3) is 0 Å². The number of carbonyl (C=O) groups is 2. The Labute approximate surface area is 143 Å². The molecule has 2 aliphatic rings. The summed E-state index contributed by atoms with van der Waals surface area (Å²) in [5, 5.41) is 9.14. The highest BCUT2D eigenvalue weighted by Gasteiger charge is 2.57. The Morgan fingerprint density at radius 2 is 1.84 bits per heavy atom. The van der Waals surface area contributed by atoms with Gasteiger partial charge in [0.1, 0.15) is 0 Å². The Hall–Kier alpha value is -2.05. The molecule has 3 rings (SSSR count). The van der Waals surface area contributed by atoms with Crippen molar-refractivity contribution in [3.63, 3.8) is 0 Å². The number of benzene rings is 1. The van der Waals surface area contributed by atoms with E-state index in [-0.39, 0.29) is 12.5 Å². The number of nitrogens with zero attached hydrogens (tertiary/aromatic N) is 1. The summed E-state index contributed by atoms with van der Waals surface area (Å²) in [6.45, 7) is 0.921. The third-order valence-electron chi connectivity index (χ3n) is 5.62. The largest absolute Gasteiger partial charge is 0.481 e. The Morgan fingerprint density at radius 3 is 2.28 bits per heavy atom. The van der Waals surface area contributed by atoms with Crippen molar-refractivity contribution in [2.45, 2.75) is 37.8 Å². The first-order valence-corrected chi connectivity index (χ1v) is 8.32. The first-order chi connectivity index (χ1) is 11.7. The summed E-state index contributed by atoms with van der Waals surface area (Å²) in [6, 6.07) is 7.40. The smallest absolute Gasteiger partial charge is 0.394 e. The fourth-order valence-electron chi connectivity index (χ4n) is 4.09. The van der Waals surface area contributed by atoms with Crippen molar-refractivity contribution in [2.75, 3.05) is 13.1 Å². The van der Waals surface area contributed by atoms with E-state index in [0.717, 1.165) is 22.4 Å². The van der Waals surface area contributed by atoms with Crippen LogP contribution in [0, 0.1) is 18.8 Å². The highest BCUT2D eigenvalue weighted by Crippen LogP contribution is 2.48. The third-order valence-corrected chi connectivity index (χ3v) is 5.62. The number of rotatable bonds is 3. The molecule has 1 saturated heterocycles. The molecule has 0 radical (unpaired) electrons. The molecule has 1 N–H and O–H groups in total. The Kier molecular flexibility index (Phi) is 4.29. The molecule has 1 amide bonds. The quantitative estimate of drug-likeness (QED) is 0.906. The van der Waals surface area contributed by atoms with Crippen molar-refractivity contribution in [1.29, 1.82) is 0 Å².